The van der Waals surface area contributed by atoms with Crippen LogP contribution < -0.4 is 10.6 Å². The minimum Gasteiger partial charge on any atom is -0.380 e. The van der Waals surface area contributed by atoms with Crippen LogP contribution in [0.4, 0.5) is 5.69 Å². The topological polar surface area (TPSA) is 60.7 Å². The molecule has 0 unspecified atom stereocenters. The molecule has 4 nitrogen and oxygen atoms in total. The number of anilines is 1. The van der Waals surface area contributed by atoms with Gasteiger partial charge in [-0.2, -0.15) is 5.26 Å². The van der Waals surface area contributed by atoms with E-state index in [1.54, 1.807) is 6.07 Å². The van der Waals surface area contributed by atoms with Crippen molar-refractivity contribution in [2.45, 2.75) is 12.5 Å². The molecule has 1 saturated heterocycles. The zero-order valence-electron chi connectivity index (χ0n) is 10.4. The summed E-state index contributed by atoms with van der Waals surface area (Å²) in [6, 6.07) is 12.3. The third kappa shape index (κ3) is 2.78. The number of aromatic nitrogens is 1. The number of hydrogen-bond acceptors (Lipinski definition) is 4. The van der Waals surface area contributed by atoms with Gasteiger partial charge in [-0.25, -0.2) is 4.98 Å². The predicted octanol–water partition coefficient (Wildman–Crippen LogP) is 2.30. The second-order valence-corrected chi connectivity index (χ2v) is 4.51. The third-order valence-electron chi connectivity index (χ3n) is 3.27. The van der Waals surface area contributed by atoms with E-state index in [0.717, 1.165) is 36.1 Å². The summed E-state index contributed by atoms with van der Waals surface area (Å²) in [7, 11) is 0. The van der Waals surface area contributed by atoms with E-state index in [1.165, 1.54) is 0 Å². The van der Waals surface area contributed by atoms with Crippen molar-refractivity contribution in [3.8, 4) is 6.07 Å². The SMILES string of the molecule is Cl.N#Cc1ccc2c(N[C@H]3CCNC3)cccc2n1. The van der Waals surface area contributed by atoms with Crippen molar-refractivity contribution in [1.29, 1.82) is 5.26 Å². The van der Waals surface area contributed by atoms with Crippen LogP contribution in [0.25, 0.3) is 10.9 Å². The molecule has 0 radical (unpaired) electrons. The Labute approximate surface area is 118 Å². The lowest BCUT2D eigenvalue weighted by Gasteiger charge is -2.14. The van der Waals surface area contributed by atoms with Gasteiger partial charge >= 0.3 is 0 Å². The Morgan fingerprint density at radius 2 is 2.21 bits per heavy atom. The molecule has 1 fully saturated rings. The highest BCUT2D eigenvalue weighted by Crippen LogP contribution is 2.23. The number of nitriles is 1. The first-order valence-corrected chi connectivity index (χ1v) is 6.14. The van der Waals surface area contributed by atoms with Gasteiger partial charge in [0.15, 0.2) is 0 Å². The molecule has 0 aliphatic carbocycles. The number of halogens is 1. The van der Waals surface area contributed by atoms with Crippen molar-refractivity contribution in [3.05, 3.63) is 36.0 Å². The number of nitrogens with zero attached hydrogens (tertiary/aromatic N) is 2. The maximum Gasteiger partial charge on any atom is 0.141 e. The highest BCUT2D eigenvalue weighted by molar-refractivity contribution is 5.91. The van der Waals surface area contributed by atoms with E-state index in [0.29, 0.717) is 11.7 Å². The van der Waals surface area contributed by atoms with Crippen molar-refractivity contribution < 1.29 is 0 Å². The summed E-state index contributed by atoms with van der Waals surface area (Å²) in [4.78, 5) is 4.31. The summed E-state index contributed by atoms with van der Waals surface area (Å²) in [5, 5.41) is 16.8. The Hall–Kier alpha value is -1.83. The molecule has 19 heavy (non-hydrogen) atoms. The van der Waals surface area contributed by atoms with Crippen LogP contribution in [0.1, 0.15) is 12.1 Å². The second kappa shape index (κ2) is 5.87. The monoisotopic (exact) mass is 274 g/mol. The molecule has 1 aliphatic rings. The first kappa shape index (κ1) is 13.6. The van der Waals surface area contributed by atoms with E-state index >= 15 is 0 Å². The van der Waals surface area contributed by atoms with Gasteiger partial charge < -0.3 is 10.6 Å². The van der Waals surface area contributed by atoms with Gasteiger partial charge in [-0.3, -0.25) is 0 Å². The fraction of sp³-hybridized carbons (Fsp3) is 0.286. The highest BCUT2D eigenvalue weighted by atomic mass is 35.5. The van der Waals surface area contributed by atoms with Crippen molar-refractivity contribution in [2.75, 3.05) is 18.4 Å². The molecule has 2 heterocycles. The quantitative estimate of drug-likeness (QED) is 0.882. The van der Waals surface area contributed by atoms with Gasteiger partial charge in [0.1, 0.15) is 11.8 Å². The van der Waals surface area contributed by atoms with E-state index < -0.39 is 0 Å². The molecule has 0 bridgehead atoms. The van der Waals surface area contributed by atoms with Gasteiger partial charge in [-0.15, -0.1) is 12.4 Å². The molecule has 1 aromatic carbocycles. The Morgan fingerprint density at radius 3 is 2.95 bits per heavy atom. The maximum atomic E-state index is 8.86. The van der Waals surface area contributed by atoms with Gasteiger partial charge in [-0.05, 0) is 37.2 Å². The number of benzene rings is 1. The largest absolute Gasteiger partial charge is 0.380 e. The number of fused-ring (bicyclic) bond motifs is 1. The van der Waals surface area contributed by atoms with Crippen LogP contribution in [0.5, 0.6) is 0 Å². The summed E-state index contributed by atoms with van der Waals surface area (Å²) < 4.78 is 0. The summed E-state index contributed by atoms with van der Waals surface area (Å²) >= 11 is 0. The number of rotatable bonds is 2. The summed E-state index contributed by atoms with van der Waals surface area (Å²) in [6.45, 7) is 2.07. The molecular weight excluding hydrogens is 260 g/mol. The van der Waals surface area contributed by atoms with E-state index in [4.69, 9.17) is 5.26 Å². The van der Waals surface area contributed by atoms with E-state index in [2.05, 4.69) is 27.8 Å². The Kier molecular flexibility index (Phi) is 4.20. The van der Waals surface area contributed by atoms with Gasteiger partial charge in [0.2, 0.25) is 0 Å². The highest BCUT2D eigenvalue weighted by Gasteiger charge is 2.14. The number of hydrogen-bond donors (Lipinski definition) is 2. The Bertz CT molecular complexity index is 614. The van der Waals surface area contributed by atoms with Gasteiger partial charge in [-0.1, -0.05) is 6.07 Å². The molecule has 5 heteroatoms. The first-order valence-electron chi connectivity index (χ1n) is 6.14. The van der Waals surface area contributed by atoms with Crippen LogP contribution in [0.15, 0.2) is 30.3 Å². The average Bonchev–Trinajstić information content (AvgIpc) is 2.91. The molecule has 2 aromatic rings. The lowest BCUT2D eigenvalue weighted by Crippen LogP contribution is -2.22. The van der Waals surface area contributed by atoms with E-state index in [1.807, 2.05) is 18.2 Å². The zero-order valence-corrected chi connectivity index (χ0v) is 11.2. The normalized spacial score (nSPS) is 17.7. The molecule has 1 aliphatic heterocycles. The van der Waals surface area contributed by atoms with Crippen LogP contribution in [0, 0.1) is 11.3 Å². The van der Waals surface area contributed by atoms with Crippen LogP contribution in [0.2, 0.25) is 0 Å². The number of nitrogens with one attached hydrogen (secondary N) is 2. The first-order chi connectivity index (χ1) is 8.86. The summed E-state index contributed by atoms with van der Waals surface area (Å²) in [6.07, 6.45) is 1.14. The molecule has 1 atom stereocenters. The van der Waals surface area contributed by atoms with E-state index in [9.17, 15) is 0 Å². The minimum absolute atomic E-state index is 0. The molecular formula is C14H15ClN4. The molecule has 1 aromatic heterocycles. The third-order valence-corrected chi connectivity index (χ3v) is 3.27. The zero-order chi connectivity index (χ0) is 12.4. The second-order valence-electron chi connectivity index (χ2n) is 4.51. The average molecular weight is 275 g/mol. The van der Waals surface area contributed by atoms with Crippen molar-refractivity contribution in [2.24, 2.45) is 0 Å². The Morgan fingerprint density at radius 1 is 1.32 bits per heavy atom. The standard InChI is InChI=1S/C14H14N4.ClH/c15-8-10-4-5-12-13(17-10)2-1-3-14(12)18-11-6-7-16-9-11;/h1-5,11,16,18H,6-7,9H2;1H/t11-;/m0./s1. The van der Waals surface area contributed by atoms with Gasteiger partial charge in [0.25, 0.3) is 0 Å². The van der Waals surface area contributed by atoms with Crippen LogP contribution in [-0.4, -0.2) is 24.1 Å². The van der Waals surface area contributed by atoms with Crippen LogP contribution in [-0.2, 0) is 0 Å². The fourth-order valence-electron chi connectivity index (χ4n) is 2.34. The van der Waals surface area contributed by atoms with Crippen molar-refractivity contribution in [3.63, 3.8) is 0 Å². The van der Waals surface area contributed by atoms with Crippen molar-refractivity contribution >= 4 is 29.0 Å². The molecule has 0 spiro atoms. The van der Waals surface area contributed by atoms with Crippen LogP contribution in [0.3, 0.4) is 0 Å². The molecule has 98 valence electrons. The smallest absolute Gasteiger partial charge is 0.141 e. The Balaban J connectivity index is 0.00000133. The van der Waals surface area contributed by atoms with E-state index in [-0.39, 0.29) is 12.4 Å². The molecule has 2 N–H and O–H groups in total. The van der Waals surface area contributed by atoms with Gasteiger partial charge in [0.05, 0.1) is 5.52 Å². The van der Waals surface area contributed by atoms with Crippen LogP contribution >= 0.6 is 12.4 Å². The minimum atomic E-state index is 0. The van der Waals surface area contributed by atoms with Gasteiger partial charge in [0, 0.05) is 23.7 Å². The molecule has 0 saturated carbocycles. The number of pyridine rings is 1. The summed E-state index contributed by atoms with van der Waals surface area (Å²) in [5.74, 6) is 0. The molecule has 3 rings (SSSR count). The summed E-state index contributed by atoms with van der Waals surface area (Å²) in [5.41, 5.74) is 2.42. The lowest BCUT2D eigenvalue weighted by molar-refractivity contribution is 0.794. The fourth-order valence-corrected chi connectivity index (χ4v) is 2.34. The predicted molar refractivity (Wildman–Crippen MR) is 78.6 cm³/mol. The maximum absolute atomic E-state index is 8.86. The molecule has 0 amide bonds. The lowest BCUT2D eigenvalue weighted by atomic mass is 10.1. The van der Waals surface area contributed by atoms with Crippen molar-refractivity contribution in [1.82, 2.24) is 10.3 Å².